The lowest BCUT2D eigenvalue weighted by Gasteiger charge is -2.38. The Hall–Kier alpha value is -0.300. The zero-order valence-electron chi connectivity index (χ0n) is 11.6. The molecule has 0 aromatic carbocycles. The molecule has 0 spiro atoms. The van der Waals surface area contributed by atoms with Gasteiger partial charge in [-0.05, 0) is 49.0 Å². The van der Waals surface area contributed by atoms with Crippen LogP contribution in [-0.2, 0) is 0 Å². The summed E-state index contributed by atoms with van der Waals surface area (Å²) in [6.07, 6.45) is 8.12. The normalized spacial score (nSPS) is 31.8. The Morgan fingerprint density at radius 3 is 2.31 bits per heavy atom. The molecule has 0 aromatic heterocycles. The molecule has 0 aromatic rings. The van der Waals surface area contributed by atoms with Crippen molar-refractivity contribution < 1.29 is 5.11 Å². The minimum absolute atomic E-state index is 0.280. The van der Waals surface area contributed by atoms with E-state index in [2.05, 4.69) is 33.8 Å². The predicted molar refractivity (Wildman–Crippen MR) is 70.4 cm³/mol. The first-order chi connectivity index (χ1) is 7.32. The summed E-state index contributed by atoms with van der Waals surface area (Å²) in [5.74, 6) is 0. The van der Waals surface area contributed by atoms with E-state index in [1.54, 1.807) is 0 Å². The molecule has 1 nitrogen and oxygen atoms in total. The van der Waals surface area contributed by atoms with E-state index >= 15 is 0 Å². The highest BCUT2D eigenvalue weighted by Crippen LogP contribution is 2.54. The molecule has 1 heteroatoms. The van der Waals surface area contributed by atoms with Gasteiger partial charge >= 0.3 is 0 Å². The van der Waals surface area contributed by atoms with E-state index in [0.29, 0.717) is 10.8 Å². The number of aliphatic hydroxyl groups excluding tert-OH is 1. The van der Waals surface area contributed by atoms with Crippen LogP contribution in [0.5, 0.6) is 0 Å². The van der Waals surface area contributed by atoms with Gasteiger partial charge in [-0.25, -0.2) is 0 Å². The van der Waals surface area contributed by atoms with Crippen molar-refractivity contribution in [3.05, 3.63) is 11.6 Å². The lowest BCUT2D eigenvalue weighted by atomic mass is 9.67. The molecule has 1 saturated carbocycles. The molecule has 2 atom stereocenters. The fraction of sp³-hybridized carbons (Fsp3) is 0.867. The third-order valence-electron chi connectivity index (χ3n) is 4.92. The summed E-state index contributed by atoms with van der Waals surface area (Å²) in [7, 11) is 0. The van der Waals surface area contributed by atoms with Crippen LogP contribution < -0.4 is 0 Å². The standard InChI is InChI=1S/C15H28O/c1-6-13(12(2)16)8-11-15(5)10-7-9-14(15,3)4/h8,12,16H,6-7,9-11H2,1-5H3. The highest BCUT2D eigenvalue weighted by atomic mass is 16.3. The first-order valence-corrected chi connectivity index (χ1v) is 6.69. The van der Waals surface area contributed by atoms with Crippen molar-refractivity contribution in [2.45, 2.75) is 72.8 Å². The Kier molecular flexibility index (Phi) is 4.23. The molecule has 1 fully saturated rings. The molecule has 0 radical (unpaired) electrons. The molecule has 0 saturated heterocycles. The van der Waals surface area contributed by atoms with E-state index in [-0.39, 0.29) is 6.10 Å². The van der Waals surface area contributed by atoms with Crippen LogP contribution in [0.3, 0.4) is 0 Å². The maximum atomic E-state index is 9.63. The molecule has 94 valence electrons. The van der Waals surface area contributed by atoms with Gasteiger partial charge in [0.2, 0.25) is 0 Å². The highest BCUT2D eigenvalue weighted by molar-refractivity contribution is 5.09. The smallest absolute Gasteiger partial charge is 0.0721 e. The molecule has 0 amide bonds. The molecular formula is C15H28O. The molecule has 1 rings (SSSR count). The SMILES string of the molecule is CCC(=CCC1(C)CCCC1(C)C)C(C)O. The fourth-order valence-corrected chi connectivity index (χ4v) is 2.91. The van der Waals surface area contributed by atoms with Gasteiger partial charge in [-0.1, -0.05) is 40.2 Å². The van der Waals surface area contributed by atoms with E-state index in [0.717, 1.165) is 12.8 Å². The summed E-state index contributed by atoms with van der Waals surface area (Å²) in [6.45, 7) is 11.2. The molecule has 0 aliphatic heterocycles. The molecule has 16 heavy (non-hydrogen) atoms. The fourth-order valence-electron chi connectivity index (χ4n) is 2.91. The molecule has 0 heterocycles. The van der Waals surface area contributed by atoms with Gasteiger partial charge in [-0.3, -0.25) is 0 Å². The van der Waals surface area contributed by atoms with E-state index in [4.69, 9.17) is 0 Å². The summed E-state index contributed by atoms with van der Waals surface area (Å²) in [4.78, 5) is 0. The zero-order chi connectivity index (χ0) is 12.4. The maximum Gasteiger partial charge on any atom is 0.0721 e. The average Bonchev–Trinajstić information content (AvgIpc) is 2.42. The van der Waals surface area contributed by atoms with Crippen molar-refractivity contribution >= 4 is 0 Å². The second-order valence-corrected chi connectivity index (χ2v) is 6.31. The number of aliphatic hydroxyl groups is 1. The lowest BCUT2D eigenvalue weighted by Crippen LogP contribution is -2.29. The van der Waals surface area contributed by atoms with Crippen LogP contribution in [0.1, 0.15) is 66.7 Å². The molecule has 1 aliphatic rings. The third-order valence-corrected chi connectivity index (χ3v) is 4.92. The molecule has 0 bridgehead atoms. The van der Waals surface area contributed by atoms with Crippen molar-refractivity contribution in [2.24, 2.45) is 10.8 Å². The summed E-state index contributed by atoms with van der Waals surface area (Å²) in [5, 5.41) is 9.63. The minimum Gasteiger partial charge on any atom is -0.389 e. The van der Waals surface area contributed by atoms with Gasteiger partial charge in [0.25, 0.3) is 0 Å². The van der Waals surface area contributed by atoms with Gasteiger partial charge in [0.05, 0.1) is 6.10 Å². The third kappa shape index (κ3) is 2.68. The summed E-state index contributed by atoms with van der Waals surface area (Å²) in [6, 6.07) is 0. The maximum absolute atomic E-state index is 9.63. The van der Waals surface area contributed by atoms with E-state index < -0.39 is 0 Å². The lowest BCUT2D eigenvalue weighted by molar-refractivity contribution is 0.134. The first kappa shape index (κ1) is 13.8. The van der Waals surface area contributed by atoms with Crippen LogP contribution in [0.2, 0.25) is 0 Å². The van der Waals surface area contributed by atoms with E-state index in [1.165, 1.54) is 24.8 Å². The van der Waals surface area contributed by atoms with Gasteiger partial charge < -0.3 is 5.11 Å². The summed E-state index contributed by atoms with van der Waals surface area (Å²) >= 11 is 0. The van der Waals surface area contributed by atoms with Crippen LogP contribution in [0.15, 0.2) is 11.6 Å². The summed E-state index contributed by atoms with van der Waals surface area (Å²) in [5.41, 5.74) is 2.06. The Labute approximate surface area is 101 Å². The molecular weight excluding hydrogens is 196 g/mol. The van der Waals surface area contributed by atoms with Crippen LogP contribution >= 0.6 is 0 Å². The molecule has 2 unspecified atom stereocenters. The number of hydrogen-bond acceptors (Lipinski definition) is 1. The Bertz CT molecular complexity index is 263. The van der Waals surface area contributed by atoms with Crippen LogP contribution in [0.4, 0.5) is 0 Å². The first-order valence-electron chi connectivity index (χ1n) is 6.69. The van der Waals surface area contributed by atoms with Crippen molar-refractivity contribution in [3.63, 3.8) is 0 Å². The minimum atomic E-state index is -0.280. The van der Waals surface area contributed by atoms with E-state index in [1.807, 2.05) is 6.92 Å². The van der Waals surface area contributed by atoms with Crippen molar-refractivity contribution in [1.82, 2.24) is 0 Å². The van der Waals surface area contributed by atoms with Crippen LogP contribution in [0, 0.1) is 10.8 Å². The highest BCUT2D eigenvalue weighted by Gasteiger charge is 2.43. The number of rotatable bonds is 4. The van der Waals surface area contributed by atoms with Gasteiger partial charge in [-0.15, -0.1) is 0 Å². The van der Waals surface area contributed by atoms with Gasteiger partial charge in [0, 0.05) is 0 Å². The van der Waals surface area contributed by atoms with E-state index in [9.17, 15) is 5.11 Å². The monoisotopic (exact) mass is 224 g/mol. The van der Waals surface area contributed by atoms with Crippen molar-refractivity contribution in [1.29, 1.82) is 0 Å². The molecule has 1 aliphatic carbocycles. The van der Waals surface area contributed by atoms with Crippen molar-refractivity contribution in [3.8, 4) is 0 Å². The Morgan fingerprint density at radius 1 is 1.31 bits per heavy atom. The Morgan fingerprint density at radius 2 is 1.94 bits per heavy atom. The second kappa shape index (κ2) is 4.91. The number of hydrogen-bond donors (Lipinski definition) is 1. The van der Waals surface area contributed by atoms with Gasteiger partial charge in [-0.2, -0.15) is 0 Å². The summed E-state index contributed by atoms with van der Waals surface area (Å²) < 4.78 is 0. The van der Waals surface area contributed by atoms with Crippen LogP contribution in [-0.4, -0.2) is 11.2 Å². The molecule has 1 N–H and O–H groups in total. The number of allylic oxidation sites excluding steroid dienone is 1. The quantitative estimate of drug-likeness (QED) is 0.705. The second-order valence-electron chi connectivity index (χ2n) is 6.31. The van der Waals surface area contributed by atoms with Gasteiger partial charge in [0.15, 0.2) is 0 Å². The van der Waals surface area contributed by atoms with Crippen molar-refractivity contribution in [2.75, 3.05) is 0 Å². The van der Waals surface area contributed by atoms with Gasteiger partial charge in [0.1, 0.15) is 0 Å². The average molecular weight is 224 g/mol. The topological polar surface area (TPSA) is 20.2 Å². The van der Waals surface area contributed by atoms with Crippen LogP contribution in [0.25, 0.3) is 0 Å². The zero-order valence-corrected chi connectivity index (χ0v) is 11.6. The predicted octanol–water partition coefficient (Wildman–Crippen LogP) is 4.31. The largest absolute Gasteiger partial charge is 0.389 e. The Balaban J connectivity index is 2.73.